The van der Waals surface area contributed by atoms with E-state index in [1.807, 2.05) is 19.1 Å². The van der Waals surface area contributed by atoms with Gasteiger partial charge >= 0.3 is 0 Å². The summed E-state index contributed by atoms with van der Waals surface area (Å²) in [6, 6.07) is 10.1. The van der Waals surface area contributed by atoms with E-state index in [0.717, 1.165) is 24.0 Å². The Bertz CT molecular complexity index is 913. The zero-order chi connectivity index (χ0) is 18.1. The number of fused-ring (bicyclic) bond motifs is 1. The average molecular weight is 390 g/mol. The van der Waals surface area contributed by atoms with Gasteiger partial charge in [-0.3, -0.25) is 4.79 Å². The Balaban J connectivity index is 1.54. The summed E-state index contributed by atoms with van der Waals surface area (Å²) in [7, 11) is 0. The summed E-state index contributed by atoms with van der Waals surface area (Å²) in [6.07, 6.45) is 2.51. The Hall–Kier alpha value is -1.82. The number of thiophene rings is 1. The summed E-state index contributed by atoms with van der Waals surface area (Å²) < 4.78 is 5.79. The van der Waals surface area contributed by atoms with Crippen LogP contribution >= 0.6 is 22.9 Å². The van der Waals surface area contributed by atoms with Gasteiger partial charge in [-0.1, -0.05) is 29.8 Å². The minimum absolute atomic E-state index is 0.171. The van der Waals surface area contributed by atoms with Gasteiger partial charge < -0.3 is 14.6 Å². The molecular formula is C20H22ClN2O2S+. The number of carbonyl (C=O) groups is 1. The van der Waals surface area contributed by atoms with E-state index in [1.54, 1.807) is 22.3 Å². The van der Waals surface area contributed by atoms with Gasteiger partial charge in [-0.05, 0) is 24.4 Å². The van der Waals surface area contributed by atoms with Crippen molar-refractivity contribution < 1.29 is 14.1 Å². The molecule has 26 heavy (non-hydrogen) atoms. The number of benzene rings is 1. The number of para-hydroxylation sites is 1. The molecule has 2 aromatic heterocycles. The van der Waals surface area contributed by atoms with E-state index in [1.165, 1.54) is 17.7 Å². The SMILES string of the molecule is Cc1c(C(=O)NC[C@@H](c2cccs2)[NH+]2CCCC2)oc2c(Cl)cccc12. The first kappa shape index (κ1) is 17.6. The molecule has 4 nitrogen and oxygen atoms in total. The van der Waals surface area contributed by atoms with Crippen LogP contribution in [-0.2, 0) is 0 Å². The molecule has 1 aromatic carbocycles. The number of quaternary nitrogens is 1. The van der Waals surface area contributed by atoms with Gasteiger partial charge in [-0.25, -0.2) is 0 Å². The highest BCUT2D eigenvalue weighted by Gasteiger charge is 2.29. The molecule has 1 aliphatic heterocycles. The van der Waals surface area contributed by atoms with Crippen LogP contribution in [0.25, 0.3) is 11.0 Å². The first-order valence-electron chi connectivity index (χ1n) is 8.99. The summed E-state index contributed by atoms with van der Waals surface area (Å²) in [5.41, 5.74) is 1.41. The van der Waals surface area contributed by atoms with E-state index in [2.05, 4.69) is 22.8 Å². The van der Waals surface area contributed by atoms with Crippen LogP contribution in [0, 0.1) is 6.92 Å². The Morgan fingerprint density at radius 3 is 2.81 bits per heavy atom. The molecule has 1 fully saturated rings. The zero-order valence-electron chi connectivity index (χ0n) is 14.7. The number of rotatable bonds is 5. The molecular weight excluding hydrogens is 368 g/mol. The lowest BCUT2D eigenvalue weighted by molar-refractivity contribution is -0.918. The molecule has 0 unspecified atom stereocenters. The van der Waals surface area contributed by atoms with Crippen molar-refractivity contribution in [3.63, 3.8) is 0 Å². The Kier molecular flexibility index (Phi) is 5.02. The average Bonchev–Trinajstić information content (AvgIpc) is 3.38. The highest BCUT2D eigenvalue weighted by atomic mass is 35.5. The molecule has 3 heterocycles. The van der Waals surface area contributed by atoms with Crippen LogP contribution in [0.4, 0.5) is 0 Å². The maximum atomic E-state index is 12.8. The molecule has 2 N–H and O–H groups in total. The van der Waals surface area contributed by atoms with Gasteiger partial charge in [0, 0.05) is 23.8 Å². The first-order chi connectivity index (χ1) is 12.6. The summed E-state index contributed by atoms with van der Waals surface area (Å²) in [5, 5.41) is 6.62. The molecule has 0 aliphatic carbocycles. The number of likely N-dealkylation sites (tertiary alicyclic amines) is 1. The van der Waals surface area contributed by atoms with Gasteiger partial charge in [0.15, 0.2) is 11.3 Å². The van der Waals surface area contributed by atoms with Crippen molar-refractivity contribution in [1.82, 2.24) is 5.32 Å². The van der Waals surface area contributed by atoms with Crippen LogP contribution in [0.1, 0.15) is 39.9 Å². The van der Waals surface area contributed by atoms with E-state index in [4.69, 9.17) is 16.0 Å². The standard InChI is InChI=1S/C20H21ClN2O2S/c1-13-14-6-4-7-15(21)19(14)25-18(13)20(24)22-12-16(17-8-5-11-26-17)23-9-2-3-10-23/h4-8,11,16H,2-3,9-10,12H2,1H3,(H,22,24)/p+1/t16-/m0/s1. The van der Waals surface area contributed by atoms with Crippen molar-refractivity contribution in [2.24, 2.45) is 0 Å². The van der Waals surface area contributed by atoms with Gasteiger partial charge in [-0.15, -0.1) is 11.3 Å². The molecule has 136 valence electrons. The molecule has 1 amide bonds. The molecule has 0 saturated carbocycles. The van der Waals surface area contributed by atoms with Crippen molar-refractivity contribution in [3.8, 4) is 0 Å². The topological polar surface area (TPSA) is 46.7 Å². The quantitative estimate of drug-likeness (QED) is 0.700. The molecule has 0 bridgehead atoms. The maximum absolute atomic E-state index is 12.8. The number of furan rings is 1. The maximum Gasteiger partial charge on any atom is 0.287 e. The number of hydrogen-bond donors (Lipinski definition) is 2. The Morgan fingerprint density at radius 1 is 1.31 bits per heavy atom. The van der Waals surface area contributed by atoms with Crippen LogP contribution in [0.15, 0.2) is 40.1 Å². The number of halogens is 1. The van der Waals surface area contributed by atoms with Crippen molar-refractivity contribution >= 4 is 39.8 Å². The molecule has 1 aliphatic rings. The fourth-order valence-corrected chi connectivity index (χ4v) is 4.91. The number of hydrogen-bond acceptors (Lipinski definition) is 3. The second-order valence-corrected chi connectivity index (χ2v) is 8.20. The molecule has 1 saturated heterocycles. The largest absolute Gasteiger partial charge is 0.449 e. The molecule has 0 radical (unpaired) electrons. The third-order valence-electron chi connectivity index (χ3n) is 5.21. The van der Waals surface area contributed by atoms with E-state index < -0.39 is 0 Å². The minimum Gasteiger partial charge on any atom is -0.449 e. The lowest BCUT2D eigenvalue weighted by atomic mass is 10.1. The lowest BCUT2D eigenvalue weighted by Gasteiger charge is -2.23. The molecule has 6 heteroatoms. The lowest BCUT2D eigenvalue weighted by Crippen LogP contribution is -3.11. The summed E-state index contributed by atoms with van der Waals surface area (Å²) in [6.45, 7) is 4.84. The van der Waals surface area contributed by atoms with Gasteiger partial charge in [0.05, 0.1) is 29.5 Å². The highest BCUT2D eigenvalue weighted by Crippen LogP contribution is 2.30. The number of amides is 1. The van der Waals surface area contributed by atoms with Crippen molar-refractivity contribution in [2.45, 2.75) is 25.8 Å². The number of aryl methyl sites for hydroxylation is 1. The second-order valence-electron chi connectivity index (χ2n) is 6.82. The third kappa shape index (κ3) is 3.27. The Morgan fingerprint density at radius 2 is 2.12 bits per heavy atom. The molecule has 1 atom stereocenters. The molecule has 0 spiro atoms. The van der Waals surface area contributed by atoms with Gasteiger partial charge in [-0.2, -0.15) is 0 Å². The van der Waals surface area contributed by atoms with Crippen LogP contribution in [0.3, 0.4) is 0 Å². The van der Waals surface area contributed by atoms with Crippen molar-refractivity contribution in [2.75, 3.05) is 19.6 Å². The predicted octanol–water partition coefficient (Wildman–Crippen LogP) is 3.61. The fraction of sp³-hybridized carbons (Fsp3) is 0.350. The normalized spacial score (nSPS) is 16.2. The van der Waals surface area contributed by atoms with Crippen LogP contribution < -0.4 is 10.2 Å². The van der Waals surface area contributed by atoms with Gasteiger partial charge in [0.25, 0.3) is 5.91 Å². The Labute approximate surface area is 161 Å². The molecule has 3 aromatic rings. The van der Waals surface area contributed by atoms with Crippen LogP contribution in [0.2, 0.25) is 5.02 Å². The van der Waals surface area contributed by atoms with E-state index in [-0.39, 0.29) is 5.91 Å². The van der Waals surface area contributed by atoms with Crippen LogP contribution in [0.5, 0.6) is 0 Å². The van der Waals surface area contributed by atoms with Crippen molar-refractivity contribution in [1.29, 1.82) is 0 Å². The van der Waals surface area contributed by atoms with Gasteiger partial charge in [0.2, 0.25) is 0 Å². The molecule has 4 rings (SSSR count). The van der Waals surface area contributed by atoms with Crippen LogP contribution in [-0.4, -0.2) is 25.5 Å². The van der Waals surface area contributed by atoms with Gasteiger partial charge in [0.1, 0.15) is 6.04 Å². The highest BCUT2D eigenvalue weighted by molar-refractivity contribution is 7.10. The van der Waals surface area contributed by atoms with E-state index in [0.29, 0.717) is 29.0 Å². The monoisotopic (exact) mass is 389 g/mol. The van der Waals surface area contributed by atoms with E-state index >= 15 is 0 Å². The fourth-order valence-electron chi connectivity index (χ4n) is 3.81. The number of nitrogens with one attached hydrogen (secondary N) is 2. The predicted molar refractivity (Wildman–Crippen MR) is 105 cm³/mol. The smallest absolute Gasteiger partial charge is 0.287 e. The number of carbonyl (C=O) groups excluding carboxylic acids is 1. The first-order valence-corrected chi connectivity index (χ1v) is 10.2. The summed E-state index contributed by atoms with van der Waals surface area (Å²) >= 11 is 7.96. The summed E-state index contributed by atoms with van der Waals surface area (Å²) in [4.78, 5) is 15.7. The second kappa shape index (κ2) is 7.43. The van der Waals surface area contributed by atoms with E-state index in [9.17, 15) is 4.79 Å². The summed E-state index contributed by atoms with van der Waals surface area (Å²) in [5.74, 6) is 0.185. The third-order valence-corrected chi connectivity index (χ3v) is 6.50. The zero-order valence-corrected chi connectivity index (χ0v) is 16.3. The van der Waals surface area contributed by atoms with Crippen molar-refractivity contribution in [3.05, 3.63) is 56.9 Å². The minimum atomic E-state index is -0.171.